The number of nitrogens with two attached hydrogens (primary N) is 1. The Labute approximate surface area is 100 Å². The standard InChI is InChI=1S/C11H19N3OS/c1-11(5-3-7-16-8-11)10-14-13-9(15-10)4-2-6-12/h2-8,12H2,1H3. The number of hydrogen-bond donors (Lipinski definition) is 1. The monoisotopic (exact) mass is 241 g/mol. The lowest BCUT2D eigenvalue weighted by atomic mass is 9.87. The molecule has 1 atom stereocenters. The molecule has 0 spiro atoms. The molecule has 0 aliphatic carbocycles. The number of nitrogens with zero attached hydrogens (tertiary/aromatic N) is 2. The lowest BCUT2D eigenvalue weighted by Gasteiger charge is -2.29. The minimum Gasteiger partial charge on any atom is -0.425 e. The lowest BCUT2D eigenvalue weighted by molar-refractivity contribution is 0.333. The molecule has 1 aliphatic rings. The van der Waals surface area contributed by atoms with Gasteiger partial charge in [0.15, 0.2) is 0 Å². The van der Waals surface area contributed by atoms with Gasteiger partial charge in [-0.05, 0) is 38.5 Å². The molecule has 90 valence electrons. The van der Waals surface area contributed by atoms with Crippen molar-refractivity contribution in [1.82, 2.24) is 10.2 Å². The zero-order valence-electron chi connectivity index (χ0n) is 9.74. The summed E-state index contributed by atoms with van der Waals surface area (Å²) in [4.78, 5) is 0. The molecule has 0 saturated carbocycles. The van der Waals surface area contributed by atoms with Crippen LogP contribution in [0, 0.1) is 0 Å². The third-order valence-electron chi connectivity index (χ3n) is 3.02. The Morgan fingerprint density at radius 1 is 1.50 bits per heavy atom. The van der Waals surface area contributed by atoms with E-state index in [-0.39, 0.29) is 5.41 Å². The lowest BCUT2D eigenvalue weighted by Crippen LogP contribution is -2.29. The highest BCUT2D eigenvalue weighted by Crippen LogP contribution is 2.36. The average Bonchev–Trinajstić information content (AvgIpc) is 2.77. The molecule has 0 amide bonds. The second kappa shape index (κ2) is 5.19. The first-order valence-corrected chi connectivity index (χ1v) is 7.01. The van der Waals surface area contributed by atoms with Crippen LogP contribution in [0.2, 0.25) is 0 Å². The average molecular weight is 241 g/mol. The fraction of sp³-hybridized carbons (Fsp3) is 0.818. The summed E-state index contributed by atoms with van der Waals surface area (Å²) >= 11 is 1.98. The van der Waals surface area contributed by atoms with Crippen LogP contribution in [0.15, 0.2) is 4.42 Å². The van der Waals surface area contributed by atoms with Gasteiger partial charge in [0, 0.05) is 12.2 Å². The van der Waals surface area contributed by atoms with E-state index in [1.54, 1.807) is 0 Å². The topological polar surface area (TPSA) is 64.9 Å². The van der Waals surface area contributed by atoms with Gasteiger partial charge in [0.2, 0.25) is 11.8 Å². The van der Waals surface area contributed by atoms with Crippen LogP contribution in [0.1, 0.15) is 38.0 Å². The summed E-state index contributed by atoms with van der Waals surface area (Å²) in [6.07, 6.45) is 4.10. The maximum Gasteiger partial charge on any atom is 0.223 e. The largest absolute Gasteiger partial charge is 0.425 e. The van der Waals surface area contributed by atoms with Crippen molar-refractivity contribution in [3.63, 3.8) is 0 Å². The van der Waals surface area contributed by atoms with Gasteiger partial charge in [0.25, 0.3) is 0 Å². The fourth-order valence-electron chi connectivity index (χ4n) is 1.95. The Hall–Kier alpha value is -0.550. The van der Waals surface area contributed by atoms with Gasteiger partial charge < -0.3 is 10.2 Å². The molecule has 4 nitrogen and oxygen atoms in total. The van der Waals surface area contributed by atoms with Crippen molar-refractivity contribution >= 4 is 11.8 Å². The van der Waals surface area contributed by atoms with Crippen molar-refractivity contribution in [2.45, 2.75) is 38.0 Å². The zero-order chi connectivity index (χ0) is 11.4. The van der Waals surface area contributed by atoms with E-state index in [9.17, 15) is 0 Å². The highest BCUT2D eigenvalue weighted by molar-refractivity contribution is 7.99. The molecule has 1 aromatic rings. The van der Waals surface area contributed by atoms with Crippen LogP contribution in [0.5, 0.6) is 0 Å². The van der Waals surface area contributed by atoms with Crippen molar-refractivity contribution in [3.8, 4) is 0 Å². The van der Waals surface area contributed by atoms with Crippen LogP contribution < -0.4 is 5.73 Å². The Bertz CT molecular complexity index is 334. The summed E-state index contributed by atoms with van der Waals surface area (Å²) in [6.45, 7) is 2.89. The molecule has 2 N–H and O–H groups in total. The van der Waals surface area contributed by atoms with E-state index < -0.39 is 0 Å². The molecule has 0 aromatic carbocycles. The van der Waals surface area contributed by atoms with Crippen LogP contribution in [0.4, 0.5) is 0 Å². The first-order chi connectivity index (χ1) is 7.74. The highest BCUT2D eigenvalue weighted by Gasteiger charge is 2.34. The summed E-state index contributed by atoms with van der Waals surface area (Å²) in [5.41, 5.74) is 5.54. The van der Waals surface area contributed by atoms with Gasteiger partial charge in [0.05, 0.1) is 5.41 Å². The van der Waals surface area contributed by atoms with Crippen molar-refractivity contribution in [1.29, 1.82) is 0 Å². The van der Waals surface area contributed by atoms with Crippen LogP contribution in [-0.2, 0) is 11.8 Å². The summed E-state index contributed by atoms with van der Waals surface area (Å²) < 4.78 is 5.74. The zero-order valence-corrected chi connectivity index (χ0v) is 10.6. The first kappa shape index (κ1) is 11.9. The minimum absolute atomic E-state index is 0.0802. The number of aryl methyl sites for hydroxylation is 1. The van der Waals surface area contributed by atoms with E-state index >= 15 is 0 Å². The maximum atomic E-state index is 5.74. The van der Waals surface area contributed by atoms with Crippen LogP contribution in [0.25, 0.3) is 0 Å². The predicted molar refractivity (Wildman–Crippen MR) is 65.6 cm³/mol. The molecule has 0 bridgehead atoms. The SMILES string of the molecule is CC1(c2nnc(CCCN)o2)CCCSC1. The molecule has 1 fully saturated rings. The van der Waals surface area contributed by atoms with E-state index in [0.717, 1.165) is 36.8 Å². The Balaban J connectivity index is 2.05. The smallest absolute Gasteiger partial charge is 0.223 e. The minimum atomic E-state index is 0.0802. The van der Waals surface area contributed by atoms with E-state index in [0.29, 0.717) is 6.54 Å². The molecule has 2 rings (SSSR count). The predicted octanol–water partition coefficient (Wildman–Crippen LogP) is 1.75. The summed E-state index contributed by atoms with van der Waals surface area (Å²) in [7, 11) is 0. The van der Waals surface area contributed by atoms with Gasteiger partial charge in [-0.2, -0.15) is 11.8 Å². The van der Waals surface area contributed by atoms with Crippen molar-refractivity contribution in [2.75, 3.05) is 18.1 Å². The Kier molecular flexibility index (Phi) is 3.86. The number of hydrogen-bond acceptors (Lipinski definition) is 5. The van der Waals surface area contributed by atoms with Gasteiger partial charge in [-0.3, -0.25) is 0 Å². The third-order valence-corrected chi connectivity index (χ3v) is 4.43. The molecule has 1 aromatic heterocycles. The van der Waals surface area contributed by atoms with Crippen molar-refractivity contribution < 1.29 is 4.42 Å². The van der Waals surface area contributed by atoms with Crippen LogP contribution in [-0.4, -0.2) is 28.2 Å². The van der Waals surface area contributed by atoms with Gasteiger partial charge in [-0.1, -0.05) is 0 Å². The third kappa shape index (κ3) is 2.58. The van der Waals surface area contributed by atoms with Crippen molar-refractivity contribution in [2.24, 2.45) is 5.73 Å². The molecule has 2 heterocycles. The number of aromatic nitrogens is 2. The number of thioether (sulfide) groups is 1. The van der Waals surface area contributed by atoms with Crippen LogP contribution >= 0.6 is 11.8 Å². The van der Waals surface area contributed by atoms with Crippen LogP contribution in [0.3, 0.4) is 0 Å². The quantitative estimate of drug-likeness (QED) is 0.870. The summed E-state index contributed by atoms with van der Waals surface area (Å²) in [5.74, 6) is 3.89. The normalized spacial score (nSPS) is 25.9. The molecule has 1 aliphatic heterocycles. The molecule has 5 heteroatoms. The molecule has 16 heavy (non-hydrogen) atoms. The van der Waals surface area contributed by atoms with E-state index in [1.165, 1.54) is 12.2 Å². The number of rotatable bonds is 4. The molecule has 0 radical (unpaired) electrons. The van der Waals surface area contributed by atoms with E-state index in [2.05, 4.69) is 17.1 Å². The molecular weight excluding hydrogens is 222 g/mol. The maximum absolute atomic E-state index is 5.74. The Morgan fingerprint density at radius 2 is 2.38 bits per heavy atom. The summed E-state index contributed by atoms with van der Waals surface area (Å²) in [5, 5.41) is 8.29. The summed E-state index contributed by atoms with van der Waals surface area (Å²) in [6, 6.07) is 0. The molecule has 1 unspecified atom stereocenters. The first-order valence-electron chi connectivity index (χ1n) is 5.85. The Morgan fingerprint density at radius 3 is 3.06 bits per heavy atom. The van der Waals surface area contributed by atoms with E-state index in [1.807, 2.05) is 11.8 Å². The molecule has 1 saturated heterocycles. The molecular formula is C11H19N3OS. The van der Waals surface area contributed by atoms with Gasteiger partial charge in [0.1, 0.15) is 0 Å². The highest BCUT2D eigenvalue weighted by atomic mass is 32.2. The van der Waals surface area contributed by atoms with Crippen molar-refractivity contribution in [3.05, 3.63) is 11.8 Å². The van der Waals surface area contributed by atoms with Gasteiger partial charge in [-0.15, -0.1) is 10.2 Å². The second-order valence-electron chi connectivity index (χ2n) is 4.61. The van der Waals surface area contributed by atoms with Gasteiger partial charge in [-0.25, -0.2) is 0 Å². The fourth-order valence-corrected chi connectivity index (χ4v) is 3.17. The van der Waals surface area contributed by atoms with E-state index in [4.69, 9.17) is 10.2 Å². The van der Waals surface area contributed by atoms with Gasteiger partial charge >= 0.3 is 0 Å². The second-order valence-corrected chi connectivity index (χ2v) is 5.72.